The van der Waals surface area contributed by atoms with Gasteiger partial charge >= 0.3 is 5.97 Å². The molecule has 78 valence electrons. The lowest BCUT2D eigenvalue weighted by Crippen LogP contribution is -2.08. The molecule has 0 saturated carbocycles. The monoisotopic (exact) mass is 208 g/mol. The number of rotatable bonds is 4. The summed E-state index contributed by atoms with van der Waals surface area (Å²) in [7, 11) is 0. The summed E-state index contributed by atoms with van der Waals surface area (Å²) in [6.45, 7) is -0.256. The Morgan fingerprint density at radius 3 is 3.20 bits per heavy atom. The summed E-state index contributed by atoms with van der Waals surface area (Å²) in [4.78, 5) is 14.1. The van der Waals surface area contributed by atoms with Crippen LogP contribution in [0.5, 0.6) is 0 Å². The molecule has 0 fully saturated rings. The van der Waals surface area contributed by atoms with Crippen LogP contribution < -0.4 is 0 Å². The zero-order valence-corrected chi connectivity index (χ0v) is 7.70. The number of carboxylic acid groups (broad SMARTS) is 1. The zero-order valence-electron chi connectivity index (χ0n) is 7.70. The maximum Gasteiger partial charge on any atom is 0.329 e. The molecule has 0 radical (unpaired) electrons. The molecule has 0 saturated heterocycles. The van der Waals surface area contributed by atoms with Crippen LogP contribution in [0, 0.1) is 0 Å². The van der Waals surface area contributed by atoms with Crippen LogP contribution in [-0.2, 0) is 16.1 Å². The molecule has 0 atom stereocenters. The van der Waals surface area contributed by atoms with Crippen LogP contribution in [0.3, 0.4) is 0 Å². The Morgan fingerprint density at radius 1 is 1.53 bits per heavy atom. The van der Waals surface area contributed by atoms with Crippen molar-refractivity contribution < 1.29 is 14.6 Å². The highest BCUT2D eigenvalue weighted by molar-refractivity contribution is 5.67. The molecule has 0 bridgehead atoms. The molecule has 2 rings (SSSR count). The number of aromatic nitrogens is 4. The molecule has 15 heavy (non-hydrogen) atoms. The van der Waals surface area contributed by atoms with Crippen molar-refractivity contribution in [2.24, 2.45) is 0 Å². The Hall–Kier alpha value is -2.02. The first kappa shape index (κ1) is 9.53. The molecule has 2 heterocycles. The summed E-state index contributed by atoms with van der Waals surface area (Å²) in [5.41, 5.74) is 0.652. The van der Waals surface area contributed by atoms with Crippen LogP contribution in [0.2, 0.25) is 0 Å². The van der Waals surface area contributed by atoms with Crippen molar-refractivity contribution in [1.29, 1.82) is 0 Å². The maximum absolute atomic E-state index is 10.2. The SMILES string of the molecule is O=C(O)COCc1nnc2ccncn12. The van der Waals surface area contributed by atoms with Gasteiger partial charge in [0.2, 0.25) is 0 Å². The molecule has 0 unspecified atom stereocenters. The average molecular weight is 208 g/mol. The Balaban J connectivity index is 2.11. The van der Waals surface area contributed by atoms with E-state index < -0.39 is 5.97 Å². The Kier molecular flexibility index (Phi) is 2.55. The summed E-state index contributed by atoms with van der Waals surface area (Å²) in [6, 6.07) is 1.70. The van der Waals surface area contributed by atoms with Gasteiger partial charge < -0.3 is 9.84 Å². The molecule has 7 heteroatoms. The third-order valence-electron chi connectivity index (χ3n) is 1.74. The number of ether oxygens (including phenoxy) is 1. The Bertz CT molecular complexity index is 481. The van der Waals surface area contributed by atoms with E-state index in [2.05, 4.69) is 15.2 Å². The summed E-state index contributed by atoms with van der Waals surface area (Å²) in [5, 5.41) is 16.1. The van der Waals surface area contributed by atoms with Crippen molar-refractivity contribution in [3.63, 3.8) is 0 Å². The lowest BCUT2D eigenvalue weighted by atomic mass is 10.6. The Labute approximate surface area is 84.3 Å². The zero-order chi connectivity index (χ0) is 10.7. The second-order valence-electron chi connectivity index (χ2n) is 2.81. The molecule has 7 nitrogen and oxygen atoms in total. The highest BCUT2D eigenvalue weighted by Crippen LogP contribution is 2.02. The minimum Gasteiger partial charge on any atom is -0.480 e. The molecule has 2 aromatic heterocycles. The van der Waals surface area contributed by atoms with E-state index in [1.54, 1.807) is 23.0 Å². The molecule has 1 N–H and O–H groups in total. The van der Waals surface area contributed by atoms with E-state index in [0.29, 0.717) is 11.5 Å². The van der Waals surface area contributed by atoms with Gasteiger partial charge in [-0.3, -0.25) is 4.40 Å². The second-order valence-corrected chi connectivity index (χ2v) is 2.81. The summed E-state index contributed by atoms with van der Waals surface area (Å²) < 4.78 is 6.54. The van der Waals surface area contributed by atoms with E-state index in [1.807, 2.05) is 0 Å². The number of carboxylic acids is 1. The topological polar surface area (TPSA) is 89.6 Å². The van der Waals surface area contributed by atoms with Gasteiger partial charge in [0, 0.05) is 12.3 Å². The van der Waals surface area contributed by atoms with Gasteiger partial charge in [0.15, 0.2) is 11.5 Å². The molecular weight excluding hydrogens is 200 g/mol. The normalized spacial score (nSPS) is 10.7. The third kappa shape index (κ3) is 2.08. The van der Waals surface area contributed by atoms with Crippen LogP contribution in [-0.4, -0.2) is 37.3 Å². The van der Waals surface area contributed by atoms with Crippen LogP contribution in [0.15, 0.2) is 18.6 Å². The fourth-order valence-electron chi connectivity index (χ4n) is 1.12. The predicted molar refractivity (Wildman–Crippen MR) is 48.1 cm³/mol. The number of carbonyl (C=O) groups is 1. The van der Waals surface area contributed by atoms with Crippen molar-refractivity contribution in [1.82, 2.24) is 19.6 Å². The van der Waals surface area contributed by atoms with E-state index in [4.69, 9.17) is 9.84 Å². The third-order valence-corrected chi connectivity index (χ3v) is 1.74. The lowest BCUT2D eigenvalue weighted by molar-refractivity contribution is -0.142. The first-order chi connectivity index (χ1) is 7.27. The van der Waals surface area contributed by atoms with Gasteiger partial charge in [0.05, 0.1) is 0 Å². The predicted octanol–water partition coefficient (Wildman–Crippen LogP) is -0.275. The minimum absolute atomic E-state index is 0.0964. The number of hydrogen-bond donors (Lipinski definition) is 1. The lowest BCUT2D eigenvalue weighted by Gasteiger charge is -1.98. The van der Waals surface area contributed by atoms with Crippen LogP contribution >= 0.6 is 0 Å². The van der Waals surface area contributed by atoms with Crippen molar-refractivity contribution in [2.45, 2.75) is 6.61 Å². The van der Waals surface area contributed by atoms with E-state index >= 15 is 0 Å². The van der Waals surface area contributed by atoms with E-state index in [9.17, 15) is 4.79 Å². The smallest absolute Gasteiger partial charge is 0.329 e. The summed E-state index contributed by atoms with van der Waals surface area (Å²) >= 11 is 0. The number of hydrogen-bond acceptors (Lipinski definition) is 5. The minimum atomic E-state index is -1.01. The molecule has 0 aromatic carbocycles. The van der Waals surface area contributed by atoms with Gasteiger partial charge in [-0.15, -0.1) is 10.2 Å². The van der Waals surface area contributed by atoms with E-state index in [1.165, 1.54) is 0 Å². The van der Waals surface area contributed by atoms with Crippen LogP contribution in [0.1, 0.15) is 5.82 Å². The quantitative estimate of drug-likeness (QED) is 0.743. The highest BCUT2D eigenvalue weighted by atomic mass is 16.5. The molecule has 0 amide bonds. The number of aliphatic carboxylic acids is 1. The van der Waals surface area contributed by atoms with E-state index in [0.717, 1.165) is 0 Å². The van der Waals surface area contributed by atoms with Crippen LogP contribution in [0.25, 0.3) is 5.65 Å². The van der Waals surface area contributed by atoms with Gasteiger partial charge in [-0.2, -0.15) is 0 Å². The fourth-order valence-corrected chi connectivity index (χ4v) is 1.12. The molecule has 0 spiro atoms. The highest BCUT2D eigenvalue weighted by Gasteiger charge is 2.05. The van der Waals surface area contributed by atoms with Crippen LogP contribution in [0.4, 0.5) is 0 Å². The van der Waals surface area contributed by atoms with Gasteiger partial charge in [-0.25, -0.2) is 9.78 Å². The first-order valence-electron chi connectivity index (χ1n) is 4.20. The number of fused-ring (bicyclic) bond motifs is 1. The van der Waals surface area contributed by atoms with Crippen molar-refractivity contribution >= 4 is 11.6 Å². The van der Waals surface area contributed by atoms with Crippen molar-refractivity contribution in [3.8, 4) is 0 Å². The fraction of sp³-hybridized carbons (Fsp3) is 0.250. The summed E-state index contributed by atoms with van der Waals surface area (Å²) in [6.07, 6.45) is 3.15. The molecular formula is C8H8N4O3. The molecule has 0 aliphatic rings. The summed E-state index contributed by atoms with van der Waals surface area (Å²) in [5.74, 6) is -0.485. The first-order valence-corrected chi connectivity index (χ1v) is 4.20. The van der Waals surface area contributed by atoms with Gasteiger partial charge in [0.25, 0.3) is 0 Å². The average Bonchev–Trinajstić information content (AvgIpc) is 2.62. The van der Waals surface area contributed by atoms with Gasteiger partial charge in [0.1, 0.15) is 19.5 Å². The largest absolute Gasteiger partial charge is 0.480 e. The molecule has 0 aliphatic carbocycles. The van der Waals surface area contributed by atoms with E-state index in [-0.39, 0.29) is 13.2 Å². The van der Waals surface area contributed by atoms with Crippen molar-refractivity contribution in [2.75, 3.05) is 6.61 Å². The molecule has 2 aromatic rings. The molecule has 0 aliphatic heterocycles. The van der Waals surface area contributed by atoms with Gasteiger partial charge in [-0.1, -0.05) is 0 Å². The maximum atomic E-state index is 10.2. The van der Waals surface area contributed by atoms with Crippen molar-refractivity contribution in [3.05, 3.63) is 24.4 Å². The Morgan fingerprint density at radius 2 is 2.40 bits per heavy atom. The second kappa shape index (κ2) is 4.01. The standard InChI is InChI=1S/C8H8N4O3/c13-8(14)4-15-3-7-11-10-6-1-2-9-5-12(6)7/h1-2,5H,3-4H2,(H,13,14). The number of nitrogens with zero attached hydrogens (tertiary/aromatic N) is 4. The van der Waals surface area contributed by atoms with Gasteiger partial charge in [-0.05, 0) is 0 Å².